The molecule has 6 heteroatoms. The van der Waals surface area contributed by atoms with Crippen LogP contribution in [0.4, 0.5) is 4.39 Å². The van der Waals surface area contributed by atoms with Crippen molar-refractivity contribution < 1.29 is 9.18 Å². The van der Waals surface area contributed by atoms with E-state index in [1.807, 2.05) is 27.0 Å². The van der Waals surface area contributed by atoms with Crippen molar-refractivity contribution in [3.05, 3.63) is 75.2 Å². The van der Waals surface area contributed by atoms with Crippen LogP contribution in [-0.4, -0.2) is 15.5 Å². The van der Waals surface area contributed by atoms with Crippen LogP contribution < -0.4 is 5.32 Å². The van der Waals surface area contributed by atoms with Gasteiger partial charge >= 0.3 is 0 Å². The van der Waals surface area contributed by atoms with Gasteiger partial charge in [-0.3, -0.25) is 4.79 Å². The average molecular weight is 343 g/mol. The number of imidazole rings is 1. The molecule has 0 bridgehead atoms. The first-order valence-corrected chi connectivity index (χ1v) is 8.38. The van der Waals surface area contributed by atoms with Crippen molar-refractivity contribution in [1.82, 2.24) is 14.9 Å². The monoisotopic (exact) mass is 343 g/mol. The summed E-state index contributed by atoms with van der Waals surface area (Å²) >= 11 is 1.43. The van der Waals surface area contributed by atoms with Crippen molar-refractivity contribution in [3.63, 3.8) is 0 Å². The van der Waals surface area contributed by atoms with Gasteiger partial charge in [0.2, 0.25) is 0 Å². The van der Waals surface area contributed by atoms with E-state index in [4.69, 9.17) is 0 Å². The van der Waals surface area contributed by atoms with E-state index < -0.39 is 6.04 Å². The second kappa shape index (κ2) is 6.57. The van der Waals surface area contributed by atoms with Crippen LogP contribution in [0.15, 0.2) is 42.7 Å². The van der Waals surface area contributed by atoms with Crippen LogP contribution in [0.3, 0.4) is 0 Å². The fraction of sp³-hybridized carbons (Fsp3) is 0.222. The number of hydrogen-bond acceptors (Lipinski definition) is 3. The molecule has 0 spiro atoms. The first kappa shape index (κ1) is 16.4. The lowest BCUT2D eigenvalue weighted by molar-refractivity contribution is 0.0944. The molecule has 0 aliphatic rings. The Morgan fingerprint density at radius 3 is 2.67 bits per heavy atom. The summed E-state index contributed by atoms with van der Waals surface area (Å²) in [6.45, 7) is 3.94. The summed E-state index contributed by atoms with van der Waals surface area (Å²) in [5.74, 6) is -0.0183. The molecule has 1 atom stereocenters. The van der Waals surface area contributed by atoms with Crippen LogP contribution in [0, 0.1) is 19.7 Å². The predicted molar refractivity (Wildman–Crippen MR) is 92.7 cm³/mol. The Morgan fingerprint density at radius 1 is 1.33 bits per heavy atom. The highest BCUT2D eigenvalue weighted by atomic mass is 32.1. The Balaban J connectivity index is 1.98. The van der Waals surface area contributed by atoms with Gasteiger partial charge in [-0.05, 0) is 31.5 Å². The van der Waals surface area contributed by atoms with Crippen LogP contribution in [0.5, 0.6) is 0 Å². The maximum atomic E-state index is 14.3. The van der Waals surface area contributed by atoms with Crippen molar-refractivity contribution in [2.45, 2.75) is 19.9 Å². The van der Waals surface area contributed by atoms with E-state index >= 15 is 0 Å². The van der Waals surface area contributed by atoms with Gasteiger partial charge in [0.15, 0.2) is 0 Å². The number of amides is 1. The second-order valence-electron chi connectivity index (χ2n) is 5.67. The number of rotatable bonds is 4. The van der Waals surface area contributed by atoms with Crippen LogP contribution in [0.2, 0.25) is 0 Å². The number of thiophene rings is 1. The Kier molecular flexibility index (Phi) is 4.49. The fourth-order valence-corrected chi connectivity index (χ4v) is 3.47. The number of carbonyl (C=O) groups is 1. The van der Waals surface area contributed by atoms with Gasteiger partial charge in [-0.2, -0.15) is 0 Å². The Hall–Kier alpha value is -2.47. The van der Waals surface area contributed by atoms with E-state index in [2.05, 4.69) is 10.3 Å². The molecular weight excluding hydrogens is 325 g/mol. The minimum atomic E-state index is -0.651. The molecule has 0 radical (unpaired) electrons. The largest absolute Gasteiger partial charge is 0.337 e. The summed E-state index contributed by atoms with van der Waals surface area (Å²) in [6, 6.07) is 7.63. The molecule has 0 unspecified atom stereocenters. The van der Waals surface area contributed by atoms with Gasteiger partial charge in [0.1, 0.15) is 17.7 Å². The Morgan fingerprint density at radius 2 is 2.08 bits per heavy atom. The van der Waals surface area contributed by atoms with E-state index in [1.165, 1.54) is 17.4 Å². The molecule has 2 aromatic heterocycles. The number of carbonyl (C=O) groups excluding carboxylic acids is 1. The van der Waals surface area contributed by atoms with Gasteiger partial charge in [-0.15, -0.1) is 11.3 Å². The smallest absolute Gasteiger partial charge is 0.262 e. The molecule has 1 N–H and O–H groups in total. The molecular formula is C18H18FN3OS. The second-order valence-corrected chi connectivity index (χ2v) is 6.93. The molecule has 124 valence electrons. The summed E-state index contributed by atoms with van der Waals surface area (Å²) in [5, 5.41) is 2.92. The maximum Gasteiger partial charge on any atom is 0.262 e. The number of nitrogens with one attached hydrogen (secondary N) is 1. The number of nitrogens with zero attached hydrogens (tertiary/aromatic N) is 2. The van der Waals surface area contributed by atoms with Gasteiger partial charge in [-0.25, -0.2) is 9.37 Å². The molecule has 2 heterocycles. The number of aryl methyl sites for hydroxylation is 3. The Bertz CT molecular complexity index is 865. The Labute approximate surface area is 144 Å². The lowest BCUT2D eigenvalue weighted by atomic mass is 10.1. The molecule has 0 aliphatic heterocycles. The number of benzene rings is 1. The number of hydrogen-bond donors (Lipinski definition) is 1. The highest BCUT2D eigenvalue weighted by Gasteiger charge is 2.24. The van der Waals surface area contributed by atoms with Crippen molar-refractivity contribution in [3.8, 4) is 0 Å². The van der Waals surface area contributed by atoms with E-state index in [0.717, 1.165) is 10.4 Å². The van der Waals surface area contributed by atoms with Gasteiger partial charge in [0.05, 0.1) is 4.88 Å². The molecule has 3 rings (SSSR count). The first-order valence-electron chi connectivity index (χ1n) is 7.57. The molecule has 4 nitrogen and oxygen atoms in total. The van der Waals surface area contributed by atoms with Gasteiger partial charge < -0.3 is 9.88 Å². The standard InChI is InChI=1S/C18H18FN3OS/c1-11-10-15(24-12(11)2)18(23)21-16(17-20-8-9-22(17)3)13-6-4-5-7-14(13)19/h4-10,16H,1-3H3,(H,21,23)/t16-/m1/s1. The molecule has 0 saturated heterocycles. The third kappa shape index (κ3) is 3.10. The minimum Gasteiger partial charge on any atom is -0.337 e. The lowest BCUT2D eigenvalue weighted by Crippen LogP contribution is -2.31. The zero-order valence-corrected chi connectivity index (χ0v) is 14.5. The molecule has 0 aliphatic carbocycles. The first-order chi connectivity index (χ1) is 11.5. The lowest BCUT2D eigenvalue weighted by Gasteiger charge is -2.19. The third-order valence-electron chi connectivity index (χ3n) is 4.00. The van der Waals surface area contributed by atoms with Gasteiger partial charge in [0, 0.05) is 29.9 Å². The normalized spacial score (nSPS) is 12.2. The molecule has 24 heavy (non-hydrogen) atoms. The van der Waals surface area contributed by atoms with E-state index in [9.17, 15) is 9.18 Å². The average Bonchev–Trinajstić information content (AvgIpc) is 3.12. The van der Waals surface area contributed by atoms with Crippen LogP contribution in [0.1, 0.15) is 37.5 Å². The highest BCUT2D eigenvalue weighted by molar-refractivity contribution is 7.14. The molecule has 3 aromatic rings. The van der Waals surface area contributed by atoms with Gasteiger partial charge in [-0.1, -0.05) is 18.2 Å². The molecule has 0 fully saturated rings. The fourth-order valence-electron chi connectivity index (χ4n) is 2.53. The number of aromatic nitrogens is 2. The minimum absolute atomic E-state index is 0.229. The maximum absolute atomic E-state index is 14.3. The van der Waals surface area contributed by atoms with Crippen molar-refractivity contribution >= 4 is 17.2 Å². The van der Waals surface area contributed by atoms with Crippen molar-refractivity contribution in [1.29, 1.82) is 0 Å². The van der Waals surface area contributed by atoms with Crippen LogP contribution >= 0.6 is 11.3 Å². The van der Waals surface area contributed by atoms with Crippen LogP contribution in [-0.2, 0) is 7.05 Å². The quantitative estimate of drug-likeness (QED) is 0.784. The van der Waals surface area contributed by atoms with Crippen LogP contribution in [0.25, 0.3) is 0 Å². The predicted octanol–water partition coefficient (Wildman–Crippen LogP) is 3.76. The third-order valence-corrected chi connectivity index (χ3v) is 5.15. The van der Waals surface area contributed by atoms with Gasteiger partial charge in [0.25, 0.3) is 5.91 Å². The molecule has 0 saturated carbocycles. The van der Waals surface area contributed by atoms with E-state index in [0.29, 0.717) is 16.3 Å². The highest BCUT2D eigenvalue weighted by Crippen LogP contribution is 2.25. The van der Waals surface area contributed by atoms with Crippen molar-refractivity contribution in [2.75, 3.05) is 0 Å². The molecule has 1 aromatic carbocycles. The zero-order chi connectivity index (χ0) is 17.3. The SMILES string of the molecule is Cc1cc(C(=O)N[C@H](c2ccccc2F)c2nccn2C)sc1C. The molecule has 1 amide bonds. The summed E-state index contributed by atoms with van der Waals surface area (Å²) < 4.78 is 16.1. The number of halogens is 1. The zero-order valence-electron chi connectivity index (χ0n) is 13.7. The van der Waals surface area contributed by atoms with E-state index in [1.54, 1.807) is 35.2 Å². The van der Waals surface area contributed by atoms with Crippen molar-refractivity contribution in [2.24, 2.45) is 7.05 Å². The topological polar surface area (TPSA) is 46.9 Å². The van der Waals surface area contributed by atoms with E-state index in [-0.39, 0.29) is 11.7 Å². The summed E-state index contributed by atoms with van der Waals surface area (Å²) in [4.78, 5) is 18.6. The summed E-state index contributed by atoms with van der Waals surface area (Å²) in [7, 11) is 1.82. The summed E-state index contributed by atoms with van der Waals surface area (Å²) in [6.07, 6.45) is 3.41. The summed E-state index contributed by atoms with van der Waals surface area (Å²) in [5.41, 5.74) is 1.47.